The summed E-state index contributed by atoms with van der Waals surface area (Å²) >= 11 is 6.41. The number of halogens is 4. The van der Waals surface area contributed by atoms with Crippen molar-refractivity contribution in [2.75, 3.05) is 6.54 Å². The fraction of sp³-hybridized carbons (Fsp3) is 0.520. The van der Waals surface area contributed by atoms with Gasteiger partial charge in [0.1, 0.15) is 11.8 Å². The van der Waals surface area contributed by atoms with Crippen molar-refractivity contribution >= 4 is 28.5 Å². The molecule has 0 saturated heterocycles. The standard InChI is InChI=1S/C25H24ClF3N2O3/c26-18-16-11-15(14-1-2-14)12-17(25(27,28)29)19(16)34-20(18)21(32)31-13-23-3-6-24(7-4-23,8-5-23)22-30-9-10-33-22/h9-12,14H,1-8,13H2,(H,31,32). The van der Waals surface area contributed by atoms with Crippen molar-refractivity contribution in [3.8, 4) is 0 Å². The summed E-state index contributed by atoms with van der Waals surface area (Å²) < 4.78 is 52.3. The molecule has 0 unspecified atom stereocenters. The van der Waals surface area contributed by atoms with Crippen molar-refractivity contribution in [1.82, 2.24) is 10.3 Å². The van der Waals surface area contributed by atoms with Crippen molar-refractivity contribution in [2.45, 2.75) is 68.9 Å². The van der Waals surface area contributed by atoms with Gasteiger partial charge in [0.05, 0.1) is 16.8 Å². The fourth-order valence-electron chi connectivity index (χ4n) is 5.89. The highest BCUT2D eigenvalue weighted by Crippen LogP contribution is 2.57. The number of benzene rings is 1. The van der Waals surface area contributed by atoms with Crippen LogP contribution in [0.4, 0.5) is 13.2 Å². The van der Waals surface area contributed by atoms with Crippen LogP contribution in [0, 0.1) is 5.41 Å². The third kappa shape index (κ3) is 3.53. The van der Waals surface area contributed by atoms with Gasteiger partial charge >= 0.3 is 6.18 Å². The molecule has 180 valence electrons. The molecule has 9 heteroatoms. The van der Waals surface area contributed by atoms with Gasteiger partial charge in [-0.3, -0.25) is 4.79 Å². The molecule has 2 aromatic heterocycles. The first-order valence-electron chi connectivity index (χ1n) is 11.7. The number of nitrogens with zero attached hydrogens (tertiary/aromatic N) is 1. The van der Waals surface area contributed by atoms with Crippen LogP contribution in [0.25, 0.3) is 11.0 Å². The Morgan fingerprint density at radius 2 is 1.85 bits per heavy atom. The van der Waals surface area contributed by atoms with Crippen LogP contribution in [0.5, 0.6) is 0 Å². The Morgan fingerprint density at radius 1 is 1.15 bits per heavy atom. The van der Waals surface area contributed by atoms with Crippen molar-refractivity contribution < 1.29 is 26.8 Å². The van der Waals surface area contributed by atoms with E-state index < -0.39 is 17.6 Å². The predicted molar refractivity (Wildman–Crippen MR) is 119 cm³/mol. The first kappa shape index (κ1) is 22.0. The molecular weight excluding hydrogens is 469 g/mol. The Morgan fingerprint density at radius 3 is 2.44 bits per heavy atom. The van der Waals surface area contributed by atoms with E-state index in [2.05, 4.69) is 10.3 Å². The van der Waals surface area contributed by atoms with Gasteiger partial charge in [0.25, 0.3) is 5.91 Å². The normalized spacial score (nSPS) is 26.8. The summed E-state index contributed by atoms with van der Waals surface area (Å²) in [6, 6.07) is 2.76. The number of oxazole rings is 1. The second kappa shape index (κ2) is 7.51. The Bertz CT molecular complexity index is 1240. The maximum absolute atomic E-state index is 13.7. The van der Waals surface area contributed by atoms with Crippen LogP contribution in [0.15, 0.2) is 33.4 Å². The minimum atomic E-state index is -4.60. The van der Waals surface area contributed by atoms with Gasteiger partial charge in [0, 0.05) is 17.3 Å². The van der Waals surface area contributed by atoms with Crippen molar-refractivity contribution in [3.63, 3.8) is 0 Å². The van der Waals surface area contributed by atoms with E-state index in [1.807, 2.05) is 0 Å². The molecule has 34 heavy (non-hydrogen) atoms. The van der Waals surface area contributed by atoms with Crippen LogP contribution in [0.1, 0.15) is 84.9 Å². The van der Waals surface area contributed by atoms with Gasteiger partial charge in [0.2, 0.25) is 5.76 Å². The highest BCUT2D eigenvalue weighted by Gasteiger charge is 2.51. The highest BCUT2D eigenvalue weighted by atomic mass is 35.5. The number of alkyl halides is 3. The fourth-order valence-corrected chi connectivity index (χ4v) is 6.15. The molecule has 4 aliphatic rings. The molecule has 0 aliphatic heterocycles. The lowest BCUT2D eigenvalue weighted by Crippen LogP contribution is -2.49. The van der Waals surface area contributed by atoms with Gasteiger partial charge in [-0.25, -0.2) is 4.98 Å². The van der Waals surface area contributed by atoms with Crippen molar-refractivity contribution in [1.29, 1.82) is 0 Å². The summed E-state index contributed by atoms with van der Waals surface area (Å²) in [6.07, 6.45) is 5.97. The van der Waals surface area contributed by atoms with Crippen LogP contribution >= 0.6 is 11.6 Å². The SMILES string of the molecule is O=C(NCC12CCC(c3ncco3)(CC1)CC2)c1oc2c(C(F)(F)F)cc(C3CC3)cc2c1Cl. The molecule has 4 aliphatic carbocycles. The maximum Gasteiger partial charge on any atom is 0.420 e. The zero-order chi connectivity index (χ0) is 23.7. The number of rotatable bonds is 5. The van der Waals surface area contributed by atoms with E-state index in [9.17, 15) is 18.0 Å². The number of carbonyl (C=O) groups is 1. The topological polar surface area (TPSA) is 68.3 Å². The average molecular weight is 493 g/mol. The Labute approximate surface area is 199 Å². The first-order chi connectivity index (χ1) is 16.2. The van der Waals surface area contributed by atoms with Crippen LogP contribution in [-0.2, 0) is 11.6 Å². The zero-order valence-corrected chi connectivity index (χ0v) is 19.2. The molecule has 0 radical (unpaired) electrons. The third-order valence-corrected chi connectivity index (χ3v) is 8.60. The molecule has 3 aromatic rings. The monoisotopic (exact) mass is 492 g/mol. The zero-order valence-electron chi connectivity index (χ0n) is 18.4. The molecule has 4 fully saturated rings. The number of aromatic nitrogens is 1. The molecule has 0 atom stereocenters. The molecule has 2 heterocycles. The van der Waals surface area contributed by atoms with Gasteiger partial charge in [-0.1, -0.05) is 11.6 Å². The summed E-state index contributed by atoms with van der Waals surface area (Å²) in [5.41, 5.74) is -0.735. The lowest BCUT2D eigenvalue weighted by atomic mass is 9.53. The first-order valence-corrected chi connectivity index (χ1v) is 12.1. The van der Waals surface area contributed by atoms with Crippen LogP contribution in [-0.4, -0.2) is 17.4 Å². The number of hydrogen-bond acceptors (Lipinski definition) is 4. The number of fused-ring (bicyclic) bond motifs is 4. The van der Waals surface area contributed by atoms with E-state index in [-0.39, 0.29) is 38.5 Å². The number of carbonyl (C=O) groups excluding carboxylic acids is 1. The predicted octanol–water partition coefficient (Wildman–Crippen LogP) is 6.99. The molecular formula is C25H24ClF3N2O3. The van der Waals surface area contributed by atoms with Crippen molar-refractivity contribution in [3.05, 3.63) is 52.4 Å². The van der Waals surface area contributed by atoms with Gasteiger partial charge in [-0.15, -0.1) is 0 Å². The van der Waals surface area contributed by atoms with Crippen molar-refractivity contribution in [2.24, 2.45) is 5.41 Å². The van der Waals surface area contributed by atoms with Crippen LogP contribution < -0.4 is 5.32 Å². The second-order valence-electron chi connectivity index (χ2n) is 10.3. The summed E-state index contributed by atoms with van der Waals surface area (Å²) in [6.45, 7) is 0.431. The van der Waals surface area contributed by atoms with Gasteiger partial charge in [0.15, 0.2) is 5.89 Å². The van der Waals surface area contributed by atoms with E-state index in [0.29, 0.717) is 12.1 Å². The minimum absolute atomic E-state index is 0.0233. The molecule has 1 aromatic carbocycles. The van der Waals surface area contributed by atoms with Gasteiger partial charge < -0.3 is 14.2 Å². The summed E-state index contributed by atoms with van der Waals surface area (Å²) in [5, 5.41) is 2.99. The smallest absolute Gasteiger partial charge is 0.420 e. The molecule has 5 nitrogen and oxygen atoms in total. The number of amides is 1. The highest BCUT2D eigenvalue weighted by molar-refractivity contribution is 6.38. The lowest BCUT2D eigenvalue weighted by molar-refractivity contribution is -0.136. The minimum Gasteiger partial charge on any atom is -0.449 e. The Balaban J connectivity index is 1.22. The summed E-state index contributed by atoms with van der Waals surface area (Å²) in [5.74, 6) is 0.0675. The summed E-state index contributed by atoms with van der Waals surface area (Å²) in [7, 11) is 0. The summed E-state index contributed by atoms with van der Waals surface area (Å²) in [4.78, 5) is 17.4. The van der Waals surface area contributed by atoms with Gasteiger partial charge in [-0.2, -0.15) is 13.2 Å². The lowest BCUT2D eigenvalue weighted by Gasteiger charge is -2.52. The quantitative estimate of drug-likeness (QED) is 0.416. The largest absolute Gasteiger partial charge is 0.449 e. The maximum atomic E-state index is 13.7. The van der Waals surface area contributed by atoms with Gasteiger partial charge in [-0.05, 0) is 80.4 Å². The van der Waals surface area contributed by atoms with Crippen LogP contribution in [0.3, 0.4) is 0 Å². The van der Waals surface area contributed by atoms with E-state index in [4.69, 9.17) is 20.4 Å². The number of nitrogens with one attached hydrogen (secondary N) is 1. The van der Waals surface area contributed by atoms with Crippen LogP contribution in [0.2, 0.25) is 5.02 Å². The average Bonchev–Trinajstić information content (AvgIpc) is 3.42. The molecule has 7 rings (SSSR count). The van der Waals surface area contributed by atoms with E-state index >= 15 is 0 Å². The van der Waals surface area contributed by atoms with E-state index in [1.54, 1.807) is 18.5 Å². The number of hydrogen-bond donors (Lipinski definition) is 1. The Hall–Kier alpha value is -2.48. The van der Waals surface area contributed by atoms with E-state index in [1.165, 1.54) is 0 Å². The number of furan rings is 1. The molecule has 2 bridgehead atoms. The van der Waals surface area contributed by atoms with E-state index in [0.717, 1.165) is 63.3 Å². The molecule has 1 amide bonds. The molecule has 0 spiro atoms. The Kier molecular flexibility index (Phi) is 4.86. The third-order valence-electron chi connectivity index (χ3n) is 8.22. The molecule has 4 saturated carbocycles. The second-order valence-corrected chi connectivity index (χ2v) is 10.6. The molecule has 1 N–H and O–H groups in total.